The number of nitrogens with two attached hydrogens (primary N) is 1. The Morgan fingerprint density at radius 3 is 2.86 bits per heavy atom. The van der Waals surface area contributed by atoms with Gasteiger partial charge in [-0.3, -0.25) is 9.82 Å². The number of nitrogens with zero attached hydrogens (tertiary/aromatic N) is 3. The zero-order chi connectivity index (χ0) is 15.1. The molecule has 0 saturated carbocycles. The molecule has 0 spiro atoms. The van der Waals surface area contributed by atoms with Gasteiger partial charge in [0.05, 0.1) is 12.7 Å². The first-order valence-corrected chi connectivity index (χ1v) is 7.58. The molecule has 2 rings (SSSR count). The van der Waals surface area contributed by atoms with Crippen LogP contribution >= 0.6 is 0 Å². The van der Waals surface area contributed by atoms with Crippen molar-refractivity contribution in [2.45, 2.75) is 31.5 Å². The number of hydroxylamine groups is 2. The summed E-state index contributed by atoms with van der Waals surface area (Å²) in [6.07, 6.45) is 6.28. The van der Waals surface area contributed by atoms with Gasteiger partial charge in [-0.1, -0.05) is 12.5 Å². The highest BCUT2D eigenvalue weighted by Gasteiger charge is 2.17. The predicted octanol–water partition coefficient (Wildman–Crippen LogP) is 0.749. The lowest BCUT2D eigenvalue weighted by molar-refractivity contribution is -0.188. The van der Waals surface area contributed by atoms with Gasteiger partial charge in [0, 0.05) is 31.5 Å². The highest BCUT2D eigenvalue weighted by molar-refractivity contribution is 5.11. The molecule has 3 N–H and O–H groups in total. The van der Waals surface area contributed by atoms with Crippen LogP contribution in [0.1, 0.15) is 31.0 Å². The summed E-state index contributed by atoms with van der Waals surface area (Å²) in [5.41, 5.74) is 6.96. The lowest BCUT2D eigenvalue weighted by Gasteiger charge is -2.30. The van der Waals surface area contributed by atoms with E-state index < -0.39 is 6.10 Å². The van der Waals surface area contributed by atoms with Gasteiger partial charge in [0.15, 0.2) is 0 Å². The minimum absolute atomic E-state index is 0.251. The molecule has 6 nitrogen and oxygen atoms in total. The van der Waals surface area contributed by atoms with Gasteiger partial charge in [-0.2, -0.15) is 5.06 Å². The van der Waals surface area contributed by atoms with Gasteiger partial charge in [-0.15, -0.1) is 0 Å². The molecular weight excluding hydrogens is 268 g/mol. The van der Waals surface area contributed by atoms with Crippen molar-refractivity contribution in [1.82, 2.24) is 14.9 Å². The third-order valence-corrected chi connectivity index (χ3v) is 3.81. The van der Waals surface area contributed by atoms with Crippen LogP contribution < -0.4 is 5.73 Å². The van der Waals surface area contributed by atoms with Gasteiger partial charge >= 0.3 is 0 Å². The molecule has 1 saturated heterocycles. The van der Waals surface area contributed by atoms with Crippen LogP contribution in [0.5, 0.6) is 0 Å². The lowest BCUT2D eigenvalue weighted by Crippen LogP contribution is -2.40. The monoisotopic (exact) mass is 294 g/mol. The lowest BCUT2D eigenvalue weighted by atomic mass is 10.1. The zero-order valence-electron chi connectivity index (χ0n) is 12.7. The largest absolute Gasteiger partial charge is 0.389 e. The fraction of sp³-hybridized carbons (Fsp3) is 0.667. The van der Waals surface area contributed by atoms with Gasteiger partial charge < -0.3 is 15.7 Å². The van der Waals surface area contributed by atoms with Crippen LogP contribution in [0.15, 0.2) is 24.5 Å². The van der Waals surface area contributed by atoms with Crippen LogP contribution in [-0.4, -0.2) is 59.4 Å². The molecule has 0 aliphatic carbocycles. The van der Waals surface area contributed by atoms with E-state index in [1.165, 1.54) is 19.3 Å². The first-order chi connectivity index (χ1) is 10.2. The Morgan fingerprint density at radius 1 is 1.43 bits per heavy atom. The van der Waals surface area contributed by atoms with Crippen molar-refractivity contribution in [3.05, 3.63) is 30.1 Å². The summed E-state index contributed by atoms with van der Waals surface area (Å²) in [5.74, 6) is 0. The smallest absolute Gasteiger partial charge is 0.109 e. The van der Waals surface area contributed by atoms with Crippen LogP contribution in [0.4, 0.5) is 0 Å². The number of piperidine rings is 1. The standard InChI is InChI=1S/C15H26N4O2/c1-18(15(16)13-6-5-7-17-10-13)21-12-14(20)11-19-8-3-2-4-9-19/h5-7,10,14-15,20H,2-4,8-9,11-12,16H2,1H3. The molecule has 1 fully saturated rings. The molecule has 0 aromatic carbocycles. The van der Waals surface area contributed by atoms with Crippen molar-refractivity contribution >= 4 is 0 Å². The molecule has 118 valence electrons. The summed E-state index contributed by atoms with van der Waals surface area (Å²) in [5, 5.41) is 11.6. The Morgan fingerprint density at radius 2 is 2.19 bits per heavy atom. The number of aliphatic hydroxyl groups excluding tert-OH is 1. The third-order valence-electron chi connectivity index (χ3n) is 3.81. The minimum atomic E-state index is -0.494. The van der Waals surface area contributed by atoms with Crippen molar-refractivity contribution in [2.75, 3.05) is 33.3 Å². The van der Waals surface area contributed by atoms with Crippen molar-refractivity contribution < 1.29 is 9.94 Å². The van der Waals surface area contributed by atoms with E-state index in [1.54, 1.807) is 24.5 Å². The van der Waals surface area contributed by atoms with Gasteiger partial charge in [-0.05, 0) is 32.0 Å². The second-order valence-electron chi connectivity index (χ2n) is 5.59. The van der Waals surface area contributed by atoms with Crippen LogP contribution in [-0.2, 0) is 4.84 Å². The van der Waals surface area contributed by atoms with Gasteiger partial charge in [0.2, 0.25) is 0 Å². The van der Waals surface area contributed by atoms with E-state index >= 15 is 0 Å². The van der Waals surface area contributed by atoms with E-state index in [0.717, 1.165) is 18.7 Å². The molecule has 1 aliphatic rings. The summed E-state index contributed by atoms with van der Waals surface area (Å²) in [6, 6.07) is 3.75. The summed E-state index contributed by atoms with van der Waals surface area (Å²) in [7, 11) is 1.77. The second-order valence-corrected chi connectivity index (χ2v) is 5.59. The topological polar surface area (TPSA) is 74.9 Å². The summed E-state index contributed by atoms with van der Waals surface area (Å²) in [4.78, 5) is 11.9. The maximum absolute atomic E-state index is 10.1. The highest BCUT2D eigenvalue weighted by atomic mass is 16.7. The van der Waals surface area contributed by atoms with E-state index in [1.807, 2.05) is 12.1 Å². The number of β-amino-alcohol motifs (C(OH)–C–C–N with tert-alkyl or cyclic N) is 1. The van der Waals surface area contributed by atoms with Crippen LogP contribution in [0, 0.1) is 0 Å². The zero-order valence-corrected chi connectivity index (χ0v) is 12.7. The average molecular weight is 294 g/mol. The number of rotatable bonds is 7. The van der Waals surface area contributed by atoms with Gasteiger partial charge in [0.25, 0.3) is 0 Å². The Kier molecular flexibility index (Phi) is 6.53. The maximum atomic E-state index is 10.1. The van der Waals surface area contributed by atoms with Crippen molar-refractivity contribution in [1.29, 1.82) is 0 Å². The maximum Gasteiger partial charge on any atom is 0.109 e. The molecular formula is C15H26N4O2. The van der Waals surface area contributed by atoms with Crippen molar-refractivity contribution in [3.8, 4) is 0 Å². The molecule has 0 radical (unpaired) electrons. The number of aliphatic hydroxyl groups is 1. The molecule has 1 aromatic rings. The SMILES string of the molecule is CN(OCC(O)CN1CCCCC1)C(N)c1cccnc1. The van der Waals surface area contributed by atoms with Crippen LogP contribution in [0.25, 0.3) is 0 Å². The number of aromatic nitrogens is 1. The number of likely N-dealkylation sites (tertiary alicyclic amines) is 1. The molecule has 1 aliphatic heterocycles. The quantitative estimate of drug-likeness (QED) is 0.571. The van der Waals surface area contributed by atoms with E-state index in [0.29, 0.717) is 6.54 Å². The summed E-state index contributed by atoms with van der Waals surface area (Å²) < 4.78 is 0. The first-order valence-electron chi connectivity index (χ1n) is 7.58. The fourth-order valence-electron chi connectivity index (χ4n) is 2.54. The van der Waals surface area contributed by atoms with Crippen molar-refractivity contribution in [2.24, 2.45) is 5.73 Å². The molecule has 1 aromatic heterocycles. The number of hydrogen-bond donors (Lipinski definition) is 2. The Labute approximate surface area is 126 Å². The van der Waals surface area contributed by atoms with Crippen LogP contribution in [0.2, 0.25) is 0 Å². The van der Waals surface area contributed by atoms with Gasteiger partial charge in [-0.25, -0.2) is 0 Å². The number of hydrogen-bond acceptors (Lipinski definition) is 6. The van der Waals surface area contributed by atoms with E-state index in [9.17, 15) is 5.11 Å². The molecule has 2 atom stereocenters. The minimum Gasteiger partial charge on any atom is -0.389 e. The third kappa shape index (κ3) is 5.33. The number of pyridine rings is 1. The van der Waals surface area contributed by atoms with Crippen LogP contribution in [0.3, 0.4) is 0 Å². The van der Waals surface area contributed by atoms with Gasteiger partial charge in [0.1, 0.15) is 6.17 Å². The predicted molar refractivity (Wildman–Crippen MR) is 81.2 cm³/mol. The molecule has 0 bridgehead atoms. The molecule has 0 amide bonds. The molecule has 6 heteroatoms. The second kappa shape index (κ2) is 8.41. The van der Waals surface area contributed by atoms with E-state index in [-0.39, 0.29) is 12.8 Å². The average Bonchev–Trinajstić information content (AvgIpc) is 2.53. The first kappa shape index (κ1) is 16.3. The fourth-order valence-corrected chi connectivity index (χ4v) is 2.54. The summed E-state index contributed by atoms with van der Waals surface area (Å²) in [6.45, 7) is 3.06. The van der Waals surface area contributed by atoms with Crippen molar-refractivity contribution in [3.63, 3.8) is 0 Å². The Balaban J connectivity index is 1.71. The molecule has 21 heavy (non-hydrogen) atoms. The highest BCUT2D eigenvalue weighted by Crippen LogP contribution is 2.13. The Bertz CT molecular complexity index is 398. The van der Waals surface area contributed by atoms with E-state index in [2.05, 4.69) is 9.88 Å². The van der Waals surface area contributed by atoms with E-state index in [4.69, 9.17) is 10.6 Å². The Hall–Kier alpha value is -1.05. The normalized spacial score (nSPS) is 19.6. The molecule has 2 unspecified atom stereocenters. The summed E-state index contributed by atoms with van der Waals surface area (Å²) >= 11 is 0. The molecule has 2 heterocycles.